The molecule has 0 unspecified atom stereocenters. The topological polar surface area (TPSA) is 67.2 Å². The summed E-state index contributed by atoms with van der Waals surface area (Å²) in [4.78, 5) is 26.9. The van der Waals surface area contributed by atoms with Crippen LogP contribution in [-0.4, -0.2) is 39.6 Å². The van der Waals surface area contributed by atoms with Gasteiger partial charge in [0.25, 0.3) is 0 Å². The minimum Gasteiger partial charge on any atom is -0.342 e. The third-order valence-electron chi connectivity index (χ3n) is 5.47. The Balaban J connectivity index is 1.41. The van der Waals surface area contributed by atoms with Crippen LogP contribution in [0.1, 0.15) is 36.9 Å². The normalized spacial score (nSPS) is 17.8. The molecule has 2 aliphatic rings. The number of aryl methyl sites for hydroxylation is 2. The Kier molecular flexibility index (Phi) is 4.72. The molecule has 1 saturated heterocycles. The molecule has 2 heterocycles. The lowest BCUT2D eigenvalue weighted by Crippen LogP contribution is -2.42. The number of benzene rings is 1. The van der Waals surface area contributed by atoms with E-state index in [1.807, 2.05) is 49.1 Å². The smallest absolute Gasteiger partial charge is 0.228 e. The van der Waals surface area contributed by atoms with Crippen LogP contribution in [0.3, 0.4) is 0 Å². The van der Waals surface area contributed by atoms with Gasteiger partial charge in [0.05, 0.1) is 11.4 Å². The molecule has 6 nitrogen and oxygen atoms in total. The van der Waals surface area contributed by atoms with Crippen molar-refractivity contribution in [2.75, 3.05) is 18.4 Å². The average molecular weight is 366 g/mol. The average Bonchev–Trinajstić information content (AvgIpc) is 3.45. The van der Waals surface area contributed by atoms with Crippen LogP contribution in [0, 0.1) is 25.7 Å². The molecule has 1 N–H and O–H groups in total. The molecule has 1 aliphatic carbocycles. The Morgan fingerprint density at radius 1 is 1.00 bits per heavy atom. The number of aromatic nitrogens is 2. The first kappa shape index (κ1) is 17.8. The van der Waals surface area contributed by atoms with E-state index in [1.165, 1.54) is 5.56 Å². The summed E-state index contributed by atoms with van der Waals surface area (Å²) in [7, 11) is 0. The fraction of sp³-hybridized carbons (Fsp3) is 0.476. The molecular weight excluding hydrogens is 340 g/mol. The molecule has 0 atom stereocenters. The molecule has 2 amide bonds. The van der Waals surface area contributed by atoms with E-state index in [1.54, 1.807) is 4.68 Å². The first-order valence-electron chi connectivity index (χ1n) is 9.74. The van der Waals surface area contributed by atoms with Gasteiger partial charge in [0.1, 0.15) is 5.82 Å². The molecule has 1 aliphatic heterocycles. The molecule has 1 aromatic heterocycles. The minimum atomic E-state index is -0.0603. The summed E-state index contributed by atoms with van der Waals surface area (Å²) in [5.41, 5.74) is 2.96. The molecule has 0 radical (unpaired) electrons. The molecule has 2 aromatic rings. The lowest BCUT2D eigenvalue weighted by Gasteiger charge is -2.31. The van der Waals surface area contributed by atoms with Gasteiger partial charge in [0, 0.05) is 31.0 Å². The van der Waals surface area contributed by atoms with Gasteiger partial charge in [-0.2, -0.15) is 5.10 Å². The summed E-state index contributed by atoms with van der Waals surface area (Å²) in [6.07, 6.45) is 3.51. The van der Waals surface area contributed by atoms with Crippen LogP contribution in [0.2, 0.25) is 0 Å². The summed E-state index contributed by atoms with van der Waals surface area (Å²) in [6.45, 7) is 5.33. The predicted octanol–water partition coefficient (Wildman–Crippen LogP) is 3.08. The van der Waals surface area contributed by atoms with E-state index in [9.17, 15) is 9.59 Å². The van der Waals surface area contributed by atoms with Gasteiger partial charge in [-0.1, -0.05) is 17.7 Å². The van der Waals surface area contributed by atoms with Crippen LogP contribution in [0.15, 0.2) is 30.3 Å². The Morgan fingerprint density at radius 2 is 1.67 bits per heavy atom. The van der Waals surface area contributed by atoms with Crippen LogP contribution >= 0.6 is 0 Å². The highest BCUT2D eigenvalue weighted by atomic mass is 16.2. The Hall–Kier alpha value is -2.63. The number of hydrogen-bond acceptors (Lipinski definition) is 3. The second kappa shape index (κ2) is 7.18. The quantitative estimate of drug-likeness (QED) is 0.904. The molecule has 1 aromatic carbocycles. The third kappa shape index (κ3) is 3.89. The number of hydrogen-bond donors (Lipinski definition) is 1. The number of anilines is 1. The van der Waals surface area contributed by atoms with Crippen molar-refractivity contribution in [2.24, 2.45) is 11.8 Å². The van der Waals surface area contributed by atoms with E-state index < -0.39 is 0 Å². The third-order valence-corrected chi connectivity index (χ3v) is 5.47. The summed E-state index contributed by atoms with van der Waals surface area (Å²) >= 11 is 0. The molecule has 1 saturated carbocycles. The zero-order valence-corrected chi connectivity index (χ0v) is 15.9. The van der Waals surface area contributed by atoms with Gasteiger partial charge in [0.15, 0.2) is 0 Å². The van der Waals surface area contributed by atoms with Crippen molar-refractivity contribution in [2.45, 2.75) is 39.5 Å². The Bertz CT molecular complexity index is 844. The van der Waals surface area contributed by atoms with Crippen molar-refractivity contribution in [1.29, 1.82) is 0 Å². The lowest BCUT2D eigenvalue weighted by atomic mass is 9.95. The molecule has 0 spiro atoms. The Labute approximate surface area is 159 Å². The van der Waals surface area contributed by atoms with E-state index in [4.69, 9.17) is 0 Å². The van der Waals surface area contributed by atoms with E-state index in [2.05, 4.69) is 10.4 Å². The molecule has 27 heavy (non-hydrogen) atoms. The second-order valence-corrected chi connectivity index (χ2v) is 7.78. The molecule has 4 rings (SSSR count). The van der Waals surface area contributed by atoms with E-state index in [0.717, 1.165) is 37.1 Å². The van der Waals surface area contributed by atoms with Crippen molar-refractivity contribution in [3.05, 3.63) is 41.6 Å². The number of carbonyl (C=O) groups excluding carboxylic acids is 2. The van der Waals surface area contributed by atoms with Crippen LogP contribution in [0.4, 0.5) is 5.82 Å². The molecule has 6 heteroatoms. The van der Waals surface area contributed by atoms with Crippen molar-refractivity contribution >= 4 is 17.6 Å². The van der Waals surface area contributed by atoms with Gasteiger partial charge < -0.3 is 10.2 Å². The zero-order valence-electron chi connectivity index (χ0n) is 15.9. The number of nitrogens with one attached hydrogen (secondary N) is 1. The zero-order chi connectivity index (χ0) is 19.0. The number of likely N-dealkylation sites (tertiary alicyclic amines) is 1. The van der Waals surface area contributed by atoms with Gasteiger partial charge in [-0.3, -0.25) is 9.59 Å². The highest BCUT2D eigenvalue weighted by Gasteiger charge is 2.36. The van der Waals surface area contributed by atoms with Gasteiger partial charge >= 0.3 is 0 Å². The maximum Gasteiger partial charge on any atom is 0.228 e. The summed E-state index contributed by atoms with van der Waals surface area (Å²) in [5.74, 6) is 1.18. The maximum atomic E-state index is 12.8. The van der Waals surface area contributed by atoms with Gasteiger partial charge in [-0.05, 0) is 51.7 Å². The van der Waals surface area contributed by atoms with E-state index >= 15 is 0 Å². The molecular formula is C21H26N4O2. The second-order valence-electron chi connectivity index (χ2n) is 7.78. The van der Waals surface area contributed by atoms with Gasteiger partial charge in [-0.25, -0.2) is 4.68 Å². The minimum absolute atomic E-state index is 0.0155. The van der Waals surface area contributed by atoms with Crippen LogP contribution in [0.5, 0.6) is 0 Å². The molecule has 0 bridgehead atoms. The summed E-state index contributed by atoms with van der Waals surface area (Å²) in [5, 5.41) is 7.57. The van der Waals surface area contributed by atoms with Crippen LogP contribution in [0.25, 0.3) is 5.69 Å². The van der Waals surface area contributed by atoms with E-state index in [0.29, 0.717) is 18.9 Å². The largest absolute Gasteiger partial charge is 0.342 e. The first-order chi connectivity index (χ1) is 13.0. The number of piperidine rings is 1. The maximum absolute atomic E-state index is 12.8. The highest BCUT2D eigenvalue weighted by Crippen LogP contribution is 2.32. The highest BCUT2D eigenvalue weighted by molar-refractivity contribution is 5.92. The predicted molar refractivity (Wildman–Crippen MR) is 104 cm³/mol. The first-order valence-corrected chi connectivity index (χ1v) is 9.74. The van der Waals surface area contributed by atoms with Gasteiger partial charge in [0.2, 0.25) is 11.8 Å². The van der Waals surface area contributed by atoms with E-state index in [-0.39, 0.29) is 23.7 Å². The van der Waals surface area contributed by atoms with Crippen molar-refractivity contribution < 1.29 is 9.59 Å². The van der Waals surface area contributed by atoms with Crippen LogP contribution < -0.4 is 5.32 Å². The van der Waals surface area contributed by atoms with Crippen molar-refractivity contribution in [1.82, 2.24) is 14.7 Å². The summed E-state index contributed by atoms with van der Waals surface area (Å²) < 4.78 is 1.78. The lowest BCUT2D eigenvalue weighted by molar-refractivity contribution is -0.135. The fourth-order valence-corrected chi connectivity index (χ4v) is 3.65. The monoisotopic (exact) mass is 366 g/mol. The fourth-order valence-electron chi connectivity index (χ4n) is 3.65. The van der Waals surface area contributed by atoms with Gasteiger partial charge in [-0.15, -0.1) is 0 Å². The number of carbonyl (C=O) groups is 2. The number of nitrogens with zero attached hydrogens (tertiary/aromatic N) is 3. The summed E-state index contributed by atoms with van der Waals surface area (Å²) in [6, 6.07) is 9.96. The van der Waals surface area contributed by atoms with Crippen molar-refractivity contribution in [3.63, 3.8) is 0 Å². The SMILES string of the molecule is Cc1ccc(-n2nc(C)cc2NC(=O)C2CCN(C(=O)C3CC3)CC2)cc1. The standard InChI is InChI=1S/C21H26N4O2/c1-14-3-7-18(8-4-14)25-19(13-15(2)23-25)22-20(26)16-9-11-24(12-10-16)21(27)17-5-6-17/h3-4,7-8,13,16-17H,5-6,9-12H2,1-2H3,(H,22,26). The molecule has 2 fully saturated rings. The van der Waals surface area contributed by atoms with Crippen LogP contribution in [-0.2, 0) is 9.59 Å². The number of rotatable bonds is 4. The molecule has 142 valence electrons. The number of amides is 2. The Morgan fingerprint density at radius 3 is 2.30 bits per heavy atom. The van der Waals surface area contributed by atoms with Crippen molar-refractivity contribution in [3.8, 4) is 5.69 Å².